The van der Waals surface area contributed by atoms with E-state index >= 15 is 0 Å². The fourth-order valence-electron chi connectivity index (χ4n) is 3.24. The minimum Gasteiger partial charge on any atom is -0.396 e. The van der Waals surface area contributed by atoms with Gasteiger partial charge in [0.1, 0.15) is 0 Å². The molecule has 0 atom stereocenters. The summed E-state index contributed by atoms with van der Waals surface area (Å²) in [4.78, 5) is 0. The molecule has 0 bridgehead atoms. The van der Waals surface area contributed by atoms with Crippen molar-refractivity contribution in [3.05, 3.63) is 29.8 Å². The minimum atomic E-state index is 0.226. The van der Waals surface area contributed by atoms with Crippen LogP contribution in [0.3, 0.4) is 0 Å². The van der Waals surface area contributed by atoms with Gasteiger partial charge in [-0.1, -0.05) is 32.9 Å². The molecule has 0 unspecified atom stereocenters. The Morgan fingerprint density at radius 3 is 2.15 bits per heavy atom. The second-order valence-electron chi connectivity index (χ2n) is 7.23. The van der Waals surface area contributed by atoms with Crippen LogP contribution in [0.15, 0.2) is 24.3 Å². The second-order valence-corrected chi connectivity index (χ2v) is 7.23. The molecule has 2 rings (SSSR count). The lowest BCUT2D eigenvalue weighted by Gasteiger charge is -2.37. The van der Waals surface area contributed by atoms with Gasteiger partial charge in [-0.3, -0.25) is 0 Å². The molecule has 0 aromatic heterocycles. The largest absolute Gasteiger partial charge is 0.396 e. The molecule has 2 heteroatoms. The van der Waals surface area contributed by atoms with Crippen LogP contribution in [-0.2, 0) is 6.42 Å². The first-order valence-corrected chi connectivity index (χ1v) is 7.95. The molecule has 2 N–H and O–H groups in total. The summed E-state index contributed by atoms with van der Waals surface area (Å²) in [5.74, 6) is 0.868. The Hall–Kier alpha value is -1.02. The van der Waals surface area contributed by atoms with Gasteiger partial charge in [0.2, 0.25) is 0 Å². The highest BCUT2D eigenvalue weighted by Gasteiger charge is 2.29. The Labute approximate surface area is 123 Å². The molecule has 2 nitrogen and oxygen atoms in total. The molecule has 1 fully saturated rings. The molecule has 1 aromatic rings. The van der Waals surface area contributed by atoms with Crippen molar-refractivity contribution in [2.75, 3.05) is 11.9 Å². The van der Waals surface area contributed by atoms with Crippen molar-refractivity contribution in [1.82, 2.24) is 0 Å². The van der Waals surface area contributed by atoms with Gasteiger partial charge in [0.15, 0.2) is 0 Å². The van der Waals surface area contributed by atoms with Crippen LogP contribution in [0.1, 0.15) is 52.0 Å². The van der Waals surface area contributed by atoms with E-state index in [0.717, 1.165) is 12.3 Å². The molecule has 0 heterocycles. The van der Waals surface area contributed by atoms with Crippen LogP contribution in [0.25, 0.3) is 0 Å². The third-order valence-corrected chi connectivity index (χ3v) is 4.68. The summed E-state index contributed by atoms with van der Waals surface area (Å²) in [6, 6.07) is 9.12. The van der Waals surface area contributed by atoms with Crippen molar-refractivity contribution >= 4 is 5.69 Å². The smallest absolute Gasteiger partial charge is 0.0471 e. The van der Waals surface area contributed by atoms with E-state index in [1.165, 1.54) is 36.9 Å². The molecule has 0 spiro atoms. The number of aliphatic hydroxyl groups excluding tert-OH is 1. The summed E-state index contributed by atoms with van der Waals surface area (Å²) in [6.07, 6.45) is 5.98. The first-order chi connectivity index (χ1) is 9.49. The predicted molar refractivity (Wildman–Crippen MR) is 86.1 cm³/mol. The zero-order valence-corrected chi connectivity index (χ0v) is 13.2. The van der Waals surface area contributed by atoms with Crippen molar-refractivity contribution < 1.29 is 5.11 Å². The molecule has 20 heavy (non-hydrogen) atoms. The van der Waals surface area contributed by atoms with Gasteiger partial charge >= 0.3 is 0 Å². The third-order valence-electron chi connectivity index (χ3n) is 4.68. The maximum Gasteiger partial charge on any atom is 0.0471 e. The summed E-state index contributed by atoms with van der Waals surface area (Å²) in [5.41, 5.74) is 2.87. The van der Waals surface area contributed by atoms with Crippen molar-refractivity contribution in [1.29, 1.82) is 0 Å². The van der Waals surface area contributed by atoms with Crippen LogP contribution in [-0.4, -0.2) is 17.8 Å². The number of hydrogen-bond acceptors (Lipinski definition) is 2. The predicted octanol–water partition coefficient (Wildman–Crippen LogP) is 4.24. The standard InChI is InChI=1S/C18H29NO/c1-18(2,3)15-6-10-17(11-7-15)19-16-8-4-14(5-9-16)12-13-20/h4-5,8-9,15,17,19-20H,6-7,10-13H2,1-3H3. The maximum absolute atomic E-state index is 8.92. The highest BCUT2D eigenvalue weighted by Crippen LogP contribution is 2.38. The summed E-state index contributed by atoms with van der Waals surface area (Å²) in [6.45, 7) is 7.32. The Kier molecular flexibility index (Phi) is 5.09. The fourth-order valence-corrected chi connectivity index (χ4v) is 3.24. The Morgan fingerprint density at radius 1 is 1.05 bits per heavy atom. The average Bonchev–Trinajstić information content (AvgIpc) is 2.41. The molecule has 1 aliphatic rings. The van der Waals surface area contributed by atoms with E-state index in [4.69, 9.17) is 5.11 Å². The van der Waals surface area contributed by atoms with Crippen LogP contribution >= 0.6 is 0 Å². The zero-order valence-electron chi connectivity index (χ0n) is 13.2. The van der Waals surface area contributed by atoms with Gasteiger partial charge in [-0.25, -0.2) is 0 Å². The molecule has 0 radical (unpaired) electrons. The average molecular weight is 275 g/mol. The summed E-state index contributed by atoms with van der Waals surface area (Å²) >= 11 is 0. The molecule has 1 aliphatic carbocycles. The van der Waals surface area contributed by atoms with Gasteiger partial charge in [0.25, 0.3) is 0 Å². The topological polar surface area (TPSA) is 32.3 Å². The number of benzene rings is 1. The number of rotatable bonds is 4. The number of anilines is 1. The molecule has 112 valence electrons. The van der Waals surface area contributed by atoms with Crippen molar-refractivity contribution in [3.8, 4) is 0 Å². The van der Waals surface area contributed by atoms with Crippen LogP contribution in [0, 0.1) is 11.3 Å². The Bertz CT molecular complexity index is 396. The van der Waals surface area contributed by atoms with E-state index < -0.39 is 0 Å². The van der Waals surface area contributed by atoms with Gasteiger partial charge < -0.3 is 10.4 Å². The van der Waals surface area contributed by atoms with Crippen LogP contribution in [0.4, 0.5) is 5.69 Å². The number of aliphatic hydroxyl groups is 1. The van der Waals surface area contributed by atoms with Gasteiger partial charge in [-0.2, -0.15) is 0 Å². The van der Waals surface area contributed by atoms with Gasteiger partial charge in [-0.05, 0) is 61.1 Å². The molecular formula is C18H29NO. The van der Waals surface area contributed by atoms with Gasteiger partial charge in [0, 0.05) is 18.3 Å². The van der Waals surface area contributed by atoms with Crippen LogP contribution in [0.2, 0.25) is 0 Å². The van der Waals surface area contributed by atoms with E-state index in [0.29, 0.717) is 11.5 Å². The Balaban J connectivity index is 1.83. The van der Waals surface area contributed by atoms with Crippen LogP contribution < -0.4 is 5.32 Å². The van der Waals surface area contributed by atoms with E-state index in [9.17, 15) is 0 Å². The lowest BCUT2D eigenvalue weighted by Crippen LogP contribution is -2.31. The van der Waals surface area contributed by atoms with E-state index in [1.54, 1.807) is 0 Å². The first kappa shape index (κ1) is 15.4. The molecule has 0 saturated heterocycles. The highest BCUT2D eigenvalue weighted by molar-refractivity contribution is 5.45. The van der Waals surface area contributed by atoms with E-state index in [-0.39, 0.29) is 6.61 Å². The normalized spacial score (nSPS) is 23.6. The van der Waals surface area contributed by atoms with Crippen molar-refractivity contribution in [2.24, 2.45) is 11.3 Å². The number of hydrogen-bond donors (Lipinski definition) is 2. The highest BCUT2D eigenvalue weighted by atomic mass is 16.2. The van der Waals surface area contributed by atoms with Crippen molar-refractivity contribution in [3.63, 3.8) is 0 Å². The summed E-state index contributed by atoms with van der Waals surface area (Å²) in [5, 5.41) is 12.6. The molecular weight excluding hydrogens is 246 g/mol. The molecule has 0 amide bonds. The zero-order chi connectivity index (χ0) is 14.6. The molecule has 0 aliphatic heterocycles. The first-order valence-electron chi connectivity index (χ1n) is 7.95. The monoisotopic (exact) mass is 275 g/mol. The van der Waals surface area contributed by atoms with E-state index in [2.05, 4.69) is 50.4 Å². The van der Waals surface area contributed by atoms with E-state index in [1.807, 2.05) is 0 Å². The lowest BCUT2D eigenvalue weighted by atomic mass is 9.71. The molecule has 1 saturated carbocycles. The van der Waals surface area contributed by atoms with Gasteiger partial charge in [-0.15, -0.1) is 0 Å². The molecule has 1 aromatic carbocycles. The van der Waals surface area contributed by atoms with Gasteiger partial charge in [0.05, 0.1) is 0 Å². The minimum absolute atomic E-state index is 0.226. The van der Waals surface area contributed by atoms with Crippen molar-refractivity contribution in [2.45, 2.75) is 58.9 Å². The SMILES string of the molecule is CC(C)(C)C1CCC(Nc2ccc(CCO)cc2)CC1. The maximum atomic E-state index is 8.92. The summed E-state index contributed by atoms with van der Waals surface area (Å²) < 4.78 is 0. The quantitative estimate of drug-likeness (QED) is 0.861. The fraction of sp³-hybridized carbons (Fsp3) is 0.667. The summed E-state index contributed by atoms with van der Waals surface area (Å²) in [7, 11) is 0. The number of nitrogens with one attached hydrogen (secondary N) is 1. The third kappa shape index (κ3) is 4.24. The second kappa shape index (κ2) is 6.62. The van der Waals surface area contributed by atoms with Crippen LogP contribution in [0.5, 0.6) is 0 Å². The Morgan fingerprint density at radius 2 is 1.65 bits per heavy atom. The lowest BCUT2D eigenvalue weighted by molar-refractivity contribution is 0.173.